The van der Waals surface area contributed by atoms with Crippen LogP contribution >= 0.6 is 11.6 Å². The normalized spacial score (nSPS) is 15.2. The summed E-state index contributed by atoms with van der Waals surface area (Å²) in [5, 5.41) is 13.4. The lowest BCUT2D eigenvalue weighted by molar-refractivity contribution is 0.363. The number of nitriles is 1. The first-order chi connectivity index (χ1) is 8.76. The number of rotatable bonds is 2. The van der Waals surface area contributed by atoms with Crippen molar-refractivity contribution in [1.82, 2.24) is 19.7 Å². The molecule has 18 heavy (non-hydrogen) atoms. The number of halogens is 1. The third kappa shape index (κ3) is 1.89. The zero-order valence-corrected chi connectivity index (χ0v) is 10.1. The van der Waals surface area contributed by atoms with Crippen LogP contribution in [-0.4, -0.2) is 32.8 Å². The van der Waals surface area contributed by atoms with E-state index in [1.54, 1.807) is 24.8 Å². The summed E-state index contributed by atoms with van der Waals surface area (Å²) in [5.41, 5.74) is 0.580. The molecular formula is C11H9ClN6. The summed E-state index contributed by atoms with van der Waals surface area (Å²) in [7, 11) is 0. The van der Waals surface area contributed by atoms with Crippen molar-refractivity contribution in [3.8, 4) is 6.07 Å². The second-order valence-electron chi connectivity index (χ2n) is 4.08. The smallest absolute Gasteiger partial charge is 0.225 e. The number of hydrogen-bond donors (Lipinski definition) is 0. The summed E-state index contributed by atoms with van der Waals surface area (Å²) in [6, 6.07) is 2.33. The molecule has 0 bridgehead atoms. The van der Waals surface area contributed by atoms with Crippen LogP contribution < -0.4 is 4.90 Å². The molecule has 2 aromatic heterocycles. The fourth-order valence-electron chi connectivity index (χ4n) is 1.85. The van der Waals surface area contributed by atoms with Gasteiger partial charge in [-0.2, -0.15) is 10.4 Å². The van der Waals surface area contributed by atoms with Crippen molar-refractivity contribution in [2.45, 2.75) is 6.04 Å². The fourth-order valence-corrected chi connectivity index (χ4v) is 1.95. The molecular weight excluding hydrogens is 252 g/mol. The van der Waals surface area contributed by atoms with Crippen LogP contribution in [0.5, 0.6) is 0 Å². The van der Waals surface area contributed by atoms with E-state index in [4.69, 9.17) is 16.9 Å². The van der Waals surface area contributed by atoms with E-state index in [0.717, 1.165) is 13.1 Å². The summed E-state index contributed by atoms with van der Waals surface area (Å²) in [5.74, 6) is 0.670. The first-order valence-electron chi connectivity index (χ1n) is 5.43. The molecule has 0 saturated carbocycles. The van der Waals surface area contributed by atoms with Crippen LogP contribution in [0.3, 0.4) is 0 Å². The molecule has 1 aliphatic heterocycles. The second kappa shape index (κ2) is 4.27. The largest absolute Gasteiger partial charge is 0.336 e. The summed E-state index contributed by atoms with van der Waals surface area (Å²) in [4.78, 5) is 10.3. The Morgan fingerprint density at radius 1 is 1.28 bits per heavy atom. The predicted octanol–water partition coefficient (Wildman–Crippen LogP) is 1.26. The number of anilines is 1. The Morgan fingerprint density at radius 2 is 2.00 bits per heavy atom. The standard InChI is InChI=1S/C11H9ClN6/c12-9-3-14-11(15-4-9)17-6-10(7-17)18-5-8(1-13)2-16-18/h2-5,10H,6-7H2. The Balaban J connectivity index is 1.66. The van der Waals surface area contributed by atoms with Crippen LogP contribution in [0.15, 0.2) is 24.8 Å². The maximum absolute atomic E-state index is 8.73. The molecule has 3 heterocycles. The van der Waals surface area contributed by atoms with Crippen LogP contribution in [0.2, 0.25) is 5.02 Å². The molecule has 1 fully saturated rings. The summed E-state index contributed by atoms with van der Waals surface area (Å²) >= 11 is 5.73. The minimum absolute atomic E-state index is 0.270. The molecule has 0 spiro atoms. The van der Waals surface area contributed by atoms with Gasteiger partial charge in [-0.15, -0.1) is 0 Å². The molecule has 1 saturated heterocycles. The Morgan fingerprint density at radius 3 is 2.61 bits per heavy atom. The lowest BCUT2D eigenvalue weighted by Crippen LogP contribution is -2.48. The summed E-state index contributed by atoms with van der Waals surface area (Å²) in [6.45, 7) is 1.57. The van der Waals surface area contributed by atoms with Crippen molar-refractivity contribution in [3.05, 3.63) is 35.4 Å². The third-order valence-electron chi connectivity index (χ3n) is 2.86. The van der Waals surface area contributed by atoms with Gasteiger partial charge in [0.1, 0.15) is 6.07 Å². The zero-order valence-electron chi connectivity index (χ0n) is 9.36. The SMILES string of the molecule is N#Cc1cnn(C2CN(c3ncc(Cl)cn3)C2)c1. The molecule has 0 radical (unpaired) electrons. The number of nitrogens with zero attached hydrogens (tertiary/aromatic N) is 6. The number of aromatic nitrogens is 4. The predicted molar refractivity (Wildman–Crippen MR) is 65.2 cm³/mol. The molecule has 0 unspecified atom stereocenters. The van der Waals surface area contributed by atoms with E-state index in [-0.39, 0.29) is 6.04 Å². The minimum Gasteiger partial charge on any atom is -0.336 e. The second-order valence-corrected chi connectivity index (χ2v) is 4.52. The van der Waals surface area contributed by atoms with E-state index in [2.05, 4.69) is 21.1 Å². The molecule has 0 atom stereocenters. The van der Waals surface area contributed by atoms with Gasteiger partial charge in [0.15, 0.2) is 0 Å². The van der Waals surface area contributed by atoms with E-state index >= 15 is 0 Å². The molecule has 6 nitrogen and oxygen atoms in total. The van der Waals surface area contributed by atoms with Crippen LogP contribution in [0.1, 0.15) is 11.6 Å². The van der Waals surface area contributed by atoms with Crippen molar-refractivity contribution < 1.29 is 0 Å². The fraction of sp³-hybridized carbons (Fsp3) is 0.273. The van der Waals surface area contributed by atoms with Gasteiger partial charge in [-0.05, 0) is 0 Å². The first-order valence-corrected chi connectivity index (χ1v) is 5.81. The van der Waals surface area contributed by atoms with Gasteiger partial charge in [-0.3, -0.25) is 4.68 Å². The molecule has 0 aromatic carbocycles. The van der Waals surface area contributed by atoms with Gasteiger partial charge in [-0.1, -0.05) is 11.6 Å². The van der Waals surface area contributed by atoms with Crippen molar-refractivity contribution >= 4 is 17.5 Å². The highest BCUT2D eigenvalue weighted by atomic mass is 35.5. The van der Waals surface area contributed by atoms with Gasteiger partial charge >= 0.3 is 0 Å². The minimum atomic E-state index is 0.270. The lowest BCUT2D eigenvalue weighted by Gasteiger charge is -2.39. The molecule has 0 N–H and O–H groups in total. The van der Waals surface area contributed by atoms with E-state index in [1.165, 1.54) is 0 Å². The molecule has 1 aliphatic rings. The Bertz CT molecular complexity index is 593. The highest BCUT2D eigenvalue weighted by Crippen LogP contribution is 2.24. The molecule has 3 rings (SSSR count). The van der Waals surface area contributed by atoms with Gasteiger partial charge in [0.2, 0.25) is 5.95 Å². The highest BCUT2D eigenvalue weighted by molar-refractivity contribution is 6.30. The first kappa shape index (κ1) is 11.0. The van der Waals surface area contributed by atoms with Crippen molar-refractivity contribution in [3.63, 3.8) is 0 Å². The molecule has 2 aromatic rings. The van der Waals surface area contributed by atoms with Crippen molar-refractivity contribution in [2.75, 3.05) is 18.0 Å². The van der Waals surface area contributed by atoms with E-state index in [0.29, 0.717) is 16.5 Å². The monoisotopic (exact) mass is 260 g/mol. The van der Waals surface area contributed by atoms with E-state index in [1.807, 2.05) is 9.58 Å². The molecule has 7 heteroatoms. The highest BCUT2D eigenvalue weighted by Gasteiger charge is 2.30. The average molecular weight is 261 g/mol. The molecule has 0 amide bonds. The lowest BCUT2D eigenvalue weighted by atomic mass is 10.1. The third-order valence-corrected chi connectivity index (χ3v) is 3.05. The van der Waals surface area contributed by atoms with Crippen LogP contribution in [0.25, 0.3) is 0 Å². The van der Waals surface area contributed by atoms with E-state index in [9.17, 15) is 0 Å². The summed E-state index contributed by atoms with van der Waals surface area (Å²) in [6.07, 6.45) is 6.49. The summed E-state index contributed by atoms with van der Waals surface area (Å²) < 4.78 is 1.81. The number of hydrogen-bond acceptors (Lipinski definition) is 5. The van der Waals surface area contributed by atoms with E-state index < -0.39 is 0 Å². The Labute approximate surface area is 108 Å². The Kier molecular flexibility index (Phi) is 2.61. The van der Waals surface area contributed by atoms with Crippen LogP contribution in [-0.2, 0) is 0 Å². The van der Waals surface area contributed by atoms with Gasteiger partial charge < -0.3 is 4.90 Å². The quantitative estimate of drug-likeness (QED) is 0.813. The zero-order chi connectivity index (χ0) is 12.5. The molecule has 90 valence electrons. The van der Waals surface area contributed by atoms with Crippen molar-refractivity contribution in [2.24, 2.45) is 0 Å². The molecule has 0 aliphatic carbocycles. The van der Waals surface area contributed by atoms with Gasteiger partial charge in [0.05, 0.1) is 35.2 Å². The van der Waals surface area contributed by atoms with Crippen LogP contribution in [0.4, 0.5) is 5.95 Å². The van der Waals surface area contributed by atoms with Crippen LogP contribution in [0, 0.1) is 11.3 Å². The van der Waals surface area contributed by atoms with Gasteiger partial charge in [-0.25, -0.2) is 9.97 Å². The topological polar surface area (TPSA) is 70.6 Å². The van der Waals surface area contributed by atoms with Gasteiger partial charge in [0, 0.05) is 19.3 Å². The average Bonchev–Trinajstić information content (AvgIpc) is 2.78. The maximum atomic E-state index is 8.73. The maximum Gasteiger partial charge on any atom is 0.225 e. The van der Waals surface area contributed by atoms with Crippen molar-refractivity contribution in [1.29, 1.82) is 5.26 Å². The van der Waals surface area contributed by atoms with Gasteiger partial charge in [0.25, 0.3) is 0 Å². The Hall–Kier alpha value is -2.13.